The van der Waals surface area contributed by atoms with Crippen LogP contribution in [0.5, 0.6) is 0 Å². The lowest BCUT2D eigenvalue weighted by molar-refractivity contribution is -0.194. The Morgan fingerprint density at radius 2 is 1.79 bits per heavy atom. The number of nitrogens with zero attached hydrogens (tertiary/aromatic N) is 1. The van der Waals surface area contributed by atoms with Crippen LogP contribution in [0.3, 0.4) is 0 Å². The molecule has 0 aliphatic carbocycles. The summed E-state index contributed by atoms with van der Waals surface area (Å²) in [7, 11) is 0. The summed E-state index contributed by atoms with van der Waals surface area (Å²) in [6.45, 7) is 3.92. The van der Waals surface area contributed by atoms with Gasteiger partial charge in [-0.15, -0.1) is 0 Å². The van der Waals surface area contributed by atoms with Gasteiger partial charge >= 0.3 is 6.18 Å². The molecule has 1 atom stereocenters. The Labute approximate surface area is 161 Å². The molecule has 1 aromatic rings. The fourth-order valence-corrected chi connectivity index (χ4v) is 3.40. The second-order valence-electron chi connectivity index (χ2n) is 6.79. The molecule has 152 valence electrons. The Kier molecular flexibility index (Phi) is 6.31. The van der Waals surface area contributed by atoms with Gasteiger partial charge in [-0.3, -0.25) is 14.4 Å². The molecular formula is C20H23F3N2O3. The number of carbonyl (C=O) groups excluding carboxylic acids is 3. The maximum atomic E-state index is 14.2. The van der Waals surface area contributed by atoms with Crippen molar-refractivity contribution in [2.45, 2.75) is 58.3 Å². The van der Waals surface area contributed by atoms with E-state index in [4.69, 9.17) is 0 Å². The van der Waals surface area contributed by atoms with E-state index in [0.717, 1.165) is 11.8 Å². The summed E-state index contributed by atoms with van der Waals surface area (Å²) in [4.78, 5) is 38.3. The first kappa shape index (κ1) is 21.7. The van der Waals surface area contributed by atoms with E-state index in [2.05, 4.69) is 0 Å². The molecule has 2 amide bonds. The van der Waals surface area contributed by atoms with Gasteiger partial charge in [-0.2, -0.15) is 13.2 Å². The Bertz CT molecular complexity index is 803. The lowest BCUT2D eigenvalue weighted by atomic mass is 9.86. The normalized spacial score (nSPS) is 19.9. The fraction of sp³-hybridized carbons (Fsp3) is 0.450. The largest absolute Gasteiger partial charge is 0.425 e. The molecule has 0 radical (unpaired) electrons. The van der Waals surface area contributed by atoms with Crippen molar-refractivity contribution in [1.29, 1.82) is 0 Å². The second kappa shape index (κ2) is 8.16. The lowest BCUT2D eigenvalue weighted by Gasteiger charge is -2.33. The summed E-state index contributed by atoms with van der Waals surface area (Å²) in [6.07, 6.45) is -4.35. The molecule has 0 spiro atoms. The van der Waals surface area contributed by atoms with Crippen LogP contribution in [-0.4, -0.2) is 34.2 Å². The van der Waals surface area contributed by atoms with Crippen molar-refractivity contribution in [3.8, 4) is 0 Å². The topological polar surface area (TPSA) is 66.5 Å². The van der Waals surface area contributed by atoms with Crippen LogP contribution in [0.1, 0.15) is 45.6 Å². The van der Waals surface area contributed by atoms with Crippen LogP contribution < -0.4 is 5.32 Å². The second-order valence-corrected chi connectivity index (χ2v) is 6.79. The Morgan fingerprint density at radius 1 is 1.18 bits per heavy atom. The molecule has 0 saturated heterocycles. The molecule has 0 aromatic heterocycles. The van der Waals surface area contributed by atoms with Gasteiger partial charge in [0.05, 0.1) is 12.1 Å². The third-order valence-electron chi connectivity index (χ3n) is 4.75. The van der Waals surface area contributed by atoms with Gasteiger partial charge in [0.15, 0.2) is 5.78 Å². The molecule has 1 heterocycles. The quantitative estimate of drug-likeness (QED) is 0.767. The number of nitrogens with one attached hydrogen (secondary N) is 1. The molecule has 5 nitrogen and oxygen atoms in total. The van der Waals surface area contributed by atoms with E-state index in [0.29, 0.717) is 18.4 Å². The summed E-state index contributed by atoms with van der Waals surface area (Å²) in [6, 6.07) is 8.48. The zero-order valence-electron chi connectivity index (χ0n) is 16.0. The van der Waals surface area contributed by atoms with Crippen LogP contribution in [0.4, 0.5) is 13.2 Å². The molecule has 1 aliphatic heterocycles. The van der Waals surface area contributed by atoms with Crippen molar-refractivity contribution < 1.29 is 27.6 Å². The van der Waals surface area contributed by atoms with Crippen molar-refractivity contribution in [3.05, 3.63) is 47.2 Å². The lowest BCUT2D eigenvalue weighted by Crippen LogP contribution is -2.66. The number of ketones is 1. The highest BCUT2D eigenvalue weighted by molar-refractivity contribution is 6.11. The maximum Gasteiger partial charge on any atom is 0.425 e. The number of amides is 2. The van der Waals surface area contributed by atoms with Gasteiger partial charge in [0, 0.05) is 12.1 Å². The van der Waals surface area contributed by atoms with Gasteiger partial charge in [-0.25, -0.2) is 0 Å². The average molecular weight is 396 g/mol. The molecule has 0 fully saturated rings. The first-order valence-corrected chi connectivity index (χ1v) is 9.02. The molecule has 2 rings (SSSR count). The number of hydrogen-bond acceptors (Lipinski definition) is 3. The molecule has 1 aliphatic rings. The van der Waals surface area contributed by atoms with Crippen LogP contribution in [0.2, 0.25) is 0 Å². The van der Waals surface area contributed by atoms with Crippen LogP contribution in [0, 0.1) is 0 Å². The van der Waals surface area contributed by atoms with E-state index in [9.17, 15) is 27.6 Å². The van der Waals surface area contributed by atoms with E-state index in [1.165, 1.54) is 6.92 Å². The van der Waals surface area contributed by atoms with E-state index >= 15 is 0 Å². The first-order chi connectivity index (χ1) is 13.1. The Balaban J connectivity index is 2.55. The number of rotatable bonds is 7. The van der Waals surface area contributed by atoms with Crippen molar-refractivity contribution in [2.75, 3.05) is 0 Å². The molecule has 0 unspecified atom stereocenters. The number of unbranched alkanes of at least 4 members (excludes halogenated alkanes) is 1. The number of hydrogen-bond donors (Lipinski definition) is 1. The van der Waals surface area contributed by atoms with E-state index in [-0.39, 0.29) is 18.7 Å². The van der Waals surface area contributed by atoms with Crippen molar-refractivity contribution in [2.24, 2.45) is 0 Å². The SMILES string of the molecule is CCCCC(=O)N[C@]1(C(F)(F)F)C(=O)N(Cc2ccccc2)C(C)=C1C(C)=O. The van der Waals surface area contributed by atoms with Crippen molar-refractivity contribution >= 4 is 17.6 Å². The summed E-state index contributed by atoms with van der Waals surface area (Å²) in [5.41, 5.74) is -3.59. The van der Waals surface area contributed by atoms with Crippen LogP contribution in [0.15, 0.2) is 41.6 Å². The molecular weight excluding hydrogens is 373 g/mol. The Hall–Kier alpha value is -2.64. The number of alkyl halides is 3. The minimum atomic E-state index is -5.17. The highest BCUT2D eigenvalue weighted by Crippen LogP contribution is 2.45. The molecule has 8 heteroatoms. The van der Waals surface area contributed by atoms with Gasteiger partial charge < -0.3 is 10.2 Å². The third-order valence-corrected chi connectivity index (χ3v) is 4.75. The monoisotopic (exact) mass is 396 g/mol. The molecule has 0 bridgehead atoms. The first-order valence-electron chi connectivity index (χ1n) is 9.02. The summed E-state index contributed by atoms with van der Waals surface area (Å²) < 4.78 is 42.6. The van der Waals surface area contributed by atoms with Gasteiger partial charge in [-0.05, 0) is 25.8 Å². The highest BCUT2D eigenvalue weighted by atomic mass is 19.4. The van der Waals surface area contributed by atoms with Crippen LogP contribution >= 0.6 is 0 Å². The predicted octanol–water partition coefficient (Wildman–Crippen LogP) is 3.50. The van der Waals surface area contributed by atoms with E-state index in [1.807, 2.05) is 5.32 Å². The molecule has 1 N–H and O–H groups in total. The number of benzene rings is 1. The number of Topliss-reactive ketones (excluding diaryl/α,β-unsaturated/α-hetero) is 1. The molecule has 28 heavy (non-hydrogen) atoms. The average Bonchev–Trinajstić information content (AvgIpc) is 2.82. The van der Waals surface area contributed by atoms with Gasteiger partial charge in [0.25, 0.3) is 5.91 Å². The molecule has 1 aromatic carbocycles. The summed E-state index contributed by atoms with van der Waals surface area (Å²) in [5.74, 6) is -3.19. The highest BCUT2D eigenvalue weighted by Gasteiger charge is 2.69. The third kappa shape index (κ3) is 3.81. The van der Waals surface area contributed by atoms with Crippen molar-refractivity contribution in [1.82, 2.24) is 10.2 Å². The summed E-state index contributed by atoms with van der Waals surface area (Å²) >= 11 is 0. The standard InChI is InChI=1S/C20H23F3N2O3/c1-4-5-11-16(27)24-19(20(21,22)23)17(14(3)26)13(2)25(18(19)28)12-15-9-7-6-8-10-15/h6-10H,4-5,11-12H2,1-3H3,(H,24,27)/t19-/m0/s1. The number of allylic oxidation sites excluding steroid dienone is 1. The van der Waals surface area contributed by atoms with Crippen LogP contribution in [0.25, 0.3) is 0 Å². The van der Waals surface area contributed by atoms with Gasteiger partial charge in [0.2, 0.25) is 11.4 Å². The minimum absolute atomic E-state index is 0.102. The zero-order valence-corrected chi connectivity index (χ0v) is 16.0. The number of halogens is 3. The van der Waals surface area contributed by atoms with E-state index < -0.39 is 34.9 Å². The zero-order chi connectivity index (χ0) is 21.1. The smallest absolute Gasteiger partial charge is 0.330 e. The Morgan fingerprint density at radius 3 is 2.29 bits per heavy atom. The fourth-order valence-electron chi connectivity index (χ4n) is 3.40. The van der Waals surface area contributed by atoms with Crippen molar-refractivity contribution in [3.63, 3.8) is 0 Å². The molecule has 0 saturated carbocycles. The minimum Gasteiger partial charge on any atom is -0.330 e. The van der Waals surface area contributed by atoms with Gasteiger partial charge in [-0.1, -0.05) is 43.7 Å². The van der Waals surface area contributed by atoms with Gasteiger partial charge in [0.1, 0.15) is 0 Å². The number of carbonyl (C=O) groups is 3. The summed E-state index contributed by atoms with van der Waals surface area (Å²) in [5, 5.41) is 1.86. The van der Waals surface area contributed by atoms with Crippen LogP contribution in [-0.2, 0) is 20.9 Å². The predicted molar refractivity (Wildman–Crippen MR) is 96.8 cm³/mol. The maximum absolute atomic E-state index is 14.2. The van der Waals surface area contributed by atoms with E-state index in [1.54, 1.807) is 37.3 Å².